The lowest BCUT2D eigenvalue weighted by Gasteiger charge is -2.13. The van der Waals surface area contributed by atoms with Gasteiger partial charge in [-0.1, -0.05) is 13.8 Å². The van der Waals surface area contributed by atoms with E-state index in [2.05, 4.69) is 56.6 Å². The van der Waals surface area contributed by atoms with Crippen LogP contribution in [-0.2, 0) is 6.54 Å². The lowest BCUT2D eigenvalue weighted by atomic mass is 10.1. The summed E-state index contributed by atoms with van der Waals surface area (Å²) in [5.74, 6) is 1.79. The molecular formula is C25H30N8. The Morgan fingerprint density at radius 1 is 0.939 bits per heavy atom. The number of rotatable bonds is 8. The highest BCUT2D eigenvalue weighted by Crippen LogP contribution is 2.24. The van der Waals surface area contributed by atoms with Gasteiger partial charge in [0.2, 0.25) is 0 Å². The molecule has 8 nitrogen and oxygen atoms in total. The molecule has 0 spiro atoms. The molecule has 0 radical (unpaired) electrons. The van der Waals surface area contributed by atoms with E-state index in [0.717, 1.165) is 47.2 Å². The Kier molecular flexibility index (Phi) is 6.26. The van der Waals surface area contributed by atoms with Gasteiger partial charge in [0.05, 0.1) is 23.4 Å². The second-order valence-electron chi connectivity index (χ2n) is 9.01. The van der Waals surface area contributed by atoms with Crippen molar-refractivity contribution in [1.82, 2.24) is 34.8 Å². The quantitative estimate of drug-likeness (QED) is 0.426. The summed E-state index contributed by atoms with van der Waals surface area (Å²) in [4.78, 5) is 11.9. The second kappa shape index (κ2) is 9.62. The van der Waals surface area contributed by atoms with Gasteiger partial charge in [0.15, 0.2) is 5.82 Å². The highest BCUT2D eigenvalue weighted by atomic mass is 15.3. The predicted octanol–water partition coefficient (Wildman–Crippen LogP) is 4.64. The smallest absolute Gasteiger partial charge is 0.154 e. The van der Waals surface area contributed by atoms with Crippen LogP contribution in [0.2, 0.25) is 0 Å². The van der Waals surface area contributed by atoms with Gasteiger partial charge in [-0.3, -0.25) is 9.67 Å². The topological polar surface area (TPSA) is 84.7 Å². The van der Waals surface area contributed by atoms with Crippen LogP contribution in [0.5, 0.6) is 0 Å². The summed E-state index contributed by atoms with van der Waals surface area (Å²) in [6.07, 6.45) is 11.5. The summed E-state index contributed by atoms with van der Waals surface area (Å²) >= 11 is 0. The number of anilines is 2. The molecule has 1 N–H and O–H groups in total. The van der Waals surface area contributed by atoms with E-state index < -0.39 is 0 Å². The van der Waals surface area contributed by atoms with Gasteiger partial charge in [0, 0.05) is 30.1 Å². The molecule has 1 aliphatic rings. The molecule has 4 aromatic heterocycles. The fraction of sp³-hybridized carbons (Fsp3) is 0.400. The molecule has 170 valence electrons. The van der Waals surface area contributed by atoms with Gasteiger partial charge >= 0.3 is 0 Å². The minimum Gasteiger partial charge on any atom is -0.323 e. The van der Waals surface area contributed by atoms with Crippen molar-refractivity contribution in [1.29, 1.82) is 0 Å². The lowest BCUT2D eigenvalue weighted by Crippen LogP contribution is -2.21. The van der Waals surface area contributed by atoms with Crippen LogP contribution in [0.15, 0.2) is 49.1 Å². The zero-order chi connectivity index (χ0) is 22.6. The molecule has 1 aliphatic heterocycles. The Morgan fingerprint density at radius 2 is 1.82 bits per heavy atom. The van der Waals surface area contributed by atoms with Crippen molar-refractivity contribution in [2.24, 2.45) is 0 Å². The van der Waals surface area contributed by atoms with E-state index in [-0.39, 0.29) is 0 Å². The van der Waals surface area contributed by atoms with Crippen molar-refractivity contribution in [2.75, 3.05) is 25.0 Å². The Hall–Kier alpha value is -3.39. The molecule has 5 heterocycles. The molecular weight excluding hydrogens is 412 g/mol. The molecule has 0 aromatic carbocycles. The molecule has 8 heteroatoms. The van der Waals surface area contributed by atoms with E-state index in [4.69, 9.17) is 4.98 Å². The molecule has 0 unspecified atom stereocenters. The molecule has 0 atom stereocenters. The zero-order valence-corrected chi connectivity index (χ0v) is 19.3. The third-order valence-corrected chi connectivity index (χ3v) is 6.16. The summed E-state index contributed by atoms with van der Waals surface area (Å²) in [7, 11) is 0. The predicted molar refractivity (Wildman–Crippen MR) is 130 cm³/mol. The van der Waals surface area contributed by atoms with Gasteiger partial charge < -0.3 is 10.2 Å². The fourth-order valence-corrected chi connectivity index (χ4v) is 4.22. The summed E-state index contributed by atoms with van der Waals surface area (Å²) in [5.41, 5.74) is 4.88. The lowest BCUT2D eigenvalue weighted by molar-refractivity contribution is 0.322. The third-order valence-electron chi connectivity index (χ3n) is 6.16. The first-order chi connectivity index (χ1) is 16.1. The first-order valence-corrected chi connectivity index (χ1v) is 11.8. The van der Waals surface area contributed by atoms with Crippen LogP contribution in [0.3, 0.4) is 0 Å². The SMILES string of the molecule is CC(C)c1cnnc(Nc2ccc3ncc(-c4cnn(CCCN5CCCC5)c4)cc3n2)c1. The molecule has 0 amide bonds. The Bertz CT molecular complexity index is 1230. The van der Waals surface area contributed by atoms with Crippen molar-refractivity contribution in [3.63, 3.8) is 0 Å². The first kappa shape index (κ1) is 21.5. The van der Waals surface area contributed by atoms with Crippen LogP contribution in [0.4, 0.5) is 11.6 Å². The van der Waals surface area contributed by atoms with Crippen molar-refractivity contribution in [3.8, 4) is 11.1 Å². The highest BCUT2D eigenvalue weighted by molar-refractivity contribution is 5.81. The first-order valence-electron chi connectivity index (χ1n) is 11.8. The summed E-state index contributed by atoms with van der Waals surface area (Å²) in [6, 6.07) is 7.96. The average molecular weight is 443 g/mol. The molecule has 1 fully saturated rings. The number of pyridine rings is 2. The summed E-state index contributed by atoms with van der Waals surface area (Å²) < 4.78 is 2.03. The van der Waals surface area contributed by atoms with E-state index in [1.165, 1.54) is 25.9 Å². The minimum atomic E-state index is 0.388. The van der Waals surface area contributed by atoms with Crippen LogP contribution < -0.4 is 5.32 Å². The van der Waals surface area contributed by atoms with Gasteiger partial charge in [-0.15, -0.1) is 5.10 Å². The van der Waals surface area contributed by atoms with Crippen LogP contribution in [0.25, 0.3) is 22.2 Å². The fourth-order valence-electron chi connectivity index (χ4n) is 4.22. The van der Waals surface area contributed by atoms with E-state index in [1.807, 2.05) is 35.3 Å². The largest absolute Gasteiger partial charge is 0.323 e. The Balaban J connectivity index is 1.29. The van der Waals surface area contributed by atoms with Crippen molar-refractivity contribution >= 4 is 22.7 Å². The van der Waals surface area contributed by atoms with Gasteiger partial charge in [-0.05, 0) is 74.6 Å². The number of hydrogen-bond donors (Lipinski definition) is 1. The Morgan fingerprint density at radius 3 is 2.67 bits per heavy atom. The molecule has 5 rings (SSSR count). The average Bonchev–Trinajstić information content (AvgIpc) is 3.51. The van der Waals surface area contributed by atoms with Crippen molar-refractivity contribution < 1.29 is 0 Å². The van der Waals surface area contributed by atoms with Crippen LogP contribution >= 0.6 is 0 Å². The van der Waals surface area contributed by atoms with Crippen molar-refractivity contribution in [3.05, 3.63) is 54.6 Å². The molecule has 0 bridgehead atoms. The maximum atomic E-state index is 4.76. The van der Waals surface area contributed by atoms with Crippen LogP contribution in [0, 0.1) is 0 Å². The Labute approximate surface area is 194 Å². The molecule has 1 saturated heterocycles. The van der Waals surface area contributed by atoms with E-state index in [9.17, 15) is 0 Å². The maximum absolute atomic E-state index is 4.76. The number of nitrogens with one attached hydrogen (secondary N) is 1. The molecule has 4 aromatic rings. The van der Waals surface area contributed by atoms with Gasteiger partial charge in [0.25, 0.3) is 0 Å². The maximum Gasteiger partial charge on any atom is 0.154 e. The number of aromatic nitrogens is 6. The van der Waals surface area contributed by atoms with Crippen LogP contribution in [0.1, 0.15) is 44.6 Å². The number of fused-ring (bicyclic) bond motifs is 1. The number of likely N-dealkylation sites (tertiary alicyclic amines) is 1. The van der Waals surface area contributed by atoms with Gasteiger partial charge in [-0.2, -0.15) is 10.2 Å². The molecule has 0 aliphatic carbocycles. The summed E-state index contributed by atoms with van der Waals surface area (Å²) in [6.45, 7) is 8.84. The molecule has 33 heavy (non-hydrogen) atoms. The highest BCUT2D eigenvalue weighted by Gasteiger charge is 2.11. The summed E-state index contributed by atoms with van der Waals surface area (Å²) in [5, 5.41) is 16.1. The van der Waals surface area contributed by atoms with E-state index >= 15 is 0 Å². The molecule has 0 saturated carbocycles. The number of aryl methyl sites for hydroxylation is 1. The van der Waals surface area contributed by atoms with Gasteiger partial charge in [0.1, 0.15) is 5.82 Å². The second-order valence-corrected chi connectivity index (χ2v) is 9.01. The standard InChI is InChI=1S/C25H30N8/c1-18(2)19-13-25(31-27-15-19)30-24-7-6-22-23(29-24)12-20(14-26-22)21-16-28-33(17-21)11-5-10-32-8-3-4-9-32/h6-7,12-18H,3-5,8-11H2,1-2H3,(H,29,30,31). The number of nitrogens with zero attached hydrogens (tertiary/aromatic N) is 7. The third kappa shape index (κ3) is 5.17. The van der Waals surface area contributed by atoms with Crippen molar-refractivity contribution in [2.45, 2.75) is 45.6 Å². The van der Waals surface area contributed by atoms with E-state index in [0.29, 0.717) is 17.6 Å². The monoisotopic (exact) mass is 442 g/mol. The number of hydrogen-bond acceptors (Lipinski definition) is 7. The van der Waals surface area contributed by atoms with Crippen LogP contribution in [-0.4, -0.2) is 54.5 Å². The van der Waals surface area contributed by atoms with E-state index in [1.54, 1.807) is 6.20 Å². The normalized spacial score (nSPS) is 14.4. The zero-order valence-electron chi connectivity index (χ0n) is 19.3. The van der Waals surface area contributed by atoms with Gasteiger partial charge in [-0.25, -0.2) is 4.98 Å². The minimum absolute atomic E-state index is 0.388.